The van der Waals surface area contributed by atoms with Crippen molar-refractivity contribution in [2.45, 2.75) is 58.5 Å². The van der Waals surface area contributed by atoms with Crippen LogP contribution in [0.4, 0.5) is 11.6 Å². The Labute approximate surface area is 109 Å². The lowest BCUT2D eigenvalue weighted by Gasteiger charge is -2.39. The molecule has 5 heteroatoms. The molecule has 0 amide bonds. The number of nitrogens with two attached hydrogens (primary N) is 1. The predicted octanol–water partition coefficient (Wildman–Crippen LogP) is 2.21. The van der Waals surface area contributed by atoms with Crippen LogP contribution >= 0.6 is 0 Å². The Balaban J connectivity index is 2.14. The molecule has 0 saturated carbocycles. The summed E-state index contributed by atoms with van der Waals surface area (Å²) in [5.74, 6) is 2.12. The highest BCUT2D eigenvalue weighted by Gasteiger charge is 2.25. The Kier molecular flexibility index (Phi) is 4.01. The minimum Gasteiger partial charge on any atom is -0.384 e. The van der Waals surface area contributed by atoms with Crippen molar-refractivity contribution >= 4 is 11.6 Å². The molecular weight excluding hydrogens is 226 g/mol. The topological polar surface area (TPSA) is 67.1 Å². The summed E-state index contributed by atoms with van der Waals surface area (Å²) in [7, 11) is 0. The fraction of sp³-hybridized carbons (Fsp3) is 0.692. The summed E-state index contributed by atoms with van der Waals surface area (Å²) in [6.07, 6.45) is 4.54. The van der Waals surface area contributed by atoms with Gasteiger partial charge in [-0.15, -0.1) is 0 Å². The van der Waals surface area contributed by atoms with Gasteiger partial charge in [-0.05, 0) is 26.7 Å². The first-order valence-electron chi connectivity index (χ1n) is 6.78. The van der Waals surface area contributed by atoms with Crippen molar-refractivity contribution in [2.24, 2.45) is 0 Å². The van der Waals surface area contributed by atoms with Crippen molar-refractivity contribution in [2.75, 3.05) is 11.2 Å². The molecule has 2 unspecified atom stereocenters. The molecule has 0 radical (unpaired) electrons. The second-order valence-corrected chi connectivity index (χ2v) is 5.10. The first-order valence-corrected chi connectivity index (χ1v) is 6.78. The molecule has 2 rings (SSSR count). The lowest BCUT2D eigenvalue weighted by Crippen LogP contribution is -2.47. The average molecular weight is 249 g/mol. The number of hydrogen-bond acceptors (Lipinski definition) is 5. The molecule has 0 spiro atoms. The van der Waals surface area contributed by atoms with Gasteiger partial charge in [0.25, 0.3) is 0 Å². The van der Waals surface area contributed by atoms with E-state index in [1.54, 1.807) is 6.07 Å². The third kappa shape index (κ3) is 2.90. The van der Waals surface area contributed by atoms with Crippen LogP contribution in [-0.4, -0.2) is 27.1 Å². The second-order valence-electron chi connectivity index (χ2n) is 5.10. The number of piperidine rings is 1. The van der Waals surface area contributed by atoms with Crippen LogP contribution in [0.5, 0.6) is 0 Å². The molecule has 1 aliphatic heterocycles. The summed E-state index contributed by atoms with van der Waals surface area (Å²) in [6, 6.07) is 2.85. The summed E-state index contributed by atoms with van der Waals surface area (Å²) in [5.41, 5.74) is 9.20. The van der Waals surface area contributed by atoms with Gasteiger partial charge in [0.2, 0.25) is 0 Å². The standard InChI is InChI=1S/C13H23N5/c1-4-12-15-11(14)8-13(16-12)17-18-9(2)6-5-7-10(18)3/h8-10H,4-7H2,1-3H3,(H3,14,15,16,17). The van der Waals surface area contributed by atoms with Gasteiger partial charge in [0.15, 0.2) is 0 Å². The number of nitrogens with one attached hydrogen (secondary N) is 1. The first kappa shape index (κ1) is 13.1. The second kappa shape index (κ2) is 5.52. The van der Waals surface area contributed by atoms with Gasteiger partial charge in [0, 0.05) is 24.6 Å². The maximum absolute atomic E-state index is 5.80. The molecule has 0 aliphatic carbocycles. The number of aryl methyl sites for hydroxylation is 1. The molecular formula is C13H23N5. The first-order chi connectivity index (χ1) is 8.60. The predicted molar refractivity (Wildman–Crippen MR) is 74.1 cm³/mol. The van der Waals surface area contributed by atoms with Crippen LogP contribution in [0.25, 0.3) is 0 Å². The lowest BCUT2D eigenvalue weighted by atomic mass is 10.00. The smallest absolute Gasteiger partial charge is 0.146 e. The largest absolute Gasteiger partial charge is 0.384 e. The maximum Gasteiger partial charge on any atom is 0.146 e. The van der Waals surface area contributed by atoms with Crippen molar-refractivity contribution in [1.29, 1.82) is 0 Å². The molecule has 1 aliphatic rings. The number of nitrogen functional groups attached to an aromatic ring is 1. The van der Waals surface area contributed by atoms with Gasteiger partial charge in [-0.25, -0.2) is 15.0 Å². The third-order valence-electron chi connectivity index (χ3n) is 3.55. The van der Waals surface area contributed by atoms with E-state index in [0.717, 1.165) is 18.1 Å². The SMILES string of the molecule is CCc1nc(N)cc(NN2C(C)CCCC2C)n1. The van der Waals surface area contributed by atoms with Crippen LogP contribution in [0.1, 0.15) is 45.9 Å². The Bertz CT molecular complexity index is 396. The summed E-state index contributed by atoms with van der Waals surface area (Å²) >= 11 is 0. The average Bonchev–Trinajstić information content (AvgIpc) is 2.33. The van der Waals surface area contributed by atoms with E-state index in [9.17, 15) is 0 Å². The minimum atomic E-state index is 0.523. The fourth-order valence-electron chi connectivity index (χ4n) is 2.51. The molecule has 5 nitrogen and oxygen atoms in total. The van der Waals surface area contributed by atoms with Crippen LogP contribution in [0.15, 0.2) is 6.07 Å². The number of hydrogen-bond donors (Lipinski definition) is 2. The van der Waals surface area contributed by atoms with Crippen LogP contribution in [0, 0.1) is 0 Å². The van der Waals surface area contributed by atoms with Crippen LogP contribution in [0.2, 0.25) is 0 Å². The zero-order valence-corrected chi connectivity index (χ0v) is 11.5. The third-order valence-corrected chi connectivity index (χ3v) is 3.55. The van der Waals surface area contributed by atoms with Crippen molar-refractivity contribution in [3.63, 3.8) is 0 Å². The Morgan fingerprint density at radius 2 is 2.00 bits per heavy atom. The van der Waals surface area contributed by atoms with Crippen LogP contribution in [-0.2, 0) is 6.42 Å². The molecule has 1 aromatic heterocycles. The Morgan fingerprint density at radius 1 is 1.33 bits per heavy atom. The normalized spacial score (nSPS) is 25.1. The molecule has 1 fully saturated rings. The Hall–Kier alpha value is -1.36. The van der Waals surface area contributed by atoms with Crippen molar-refractivity contribution in [3.05, 3.63) is 11.9 Å². The van der Waals surface area contributed by atoms with E-state index in [1.165, 1.54) is 19.3 Å². The lowest BCUT2D eigenvalue weighted by molar-refractivity contribution is 0.135. The van der Waals surface area contributed by atoms with Gasteiger partial charge in [0.05, 0.1) is 0 Å². The molecule has 100 valence electrons. The van der Waals surface area contributed by atoms with Gasteiger partial charge in [-0.3, -0.25) is 0 Å². The molecule has 0 bridgehead atoms. The number of rotatable bonds is 3. The molecule has 0 aromatic carbocycles. The van der Waals surface area contributed by atoms with Crippen LogP contribution < -0.4 is 11.2 Å². The van der Waals surface area contributed by atoms with E-state index in [1.807, 2.05) is 6.92 Å². The van der Waals surface area contributed by atoms with E-state index >= 15 is 0 Å². The Morgan fingerprint density at radius 3 is 2.61 bits per heavy atom. The number of aromatic nitrogens is 2. The van der Waals surface area contributed by atoms with Gasteiger partial charge >= 0.3 is 0 Å². The summed E-state index contributed by atoms with van der Waals surface area (Å²) < 4.78 is 0. The fourth-order valence-corrected chi connectivity index (χ4v) is 2.51. The van der Waals surface area contributed by atoms with Crippen molar-refractivity contribution in [3.8, 4) is 0 Å². The highest BCUT2D eigenvalue weighted by atomic mass is 15.5. The van der Waals surface area contributed by atoms with E-state index in [2.05, 4.69) is 34.3 Å². The number of anilines is 2. The molecule has 2 heterocycles. The zero-order valence-electron chi connectivity index (χ0n) is 11.5. The number of hydrazine groups is 1. The molecule has 18 heavy (non-hydrogen) atoms. The molecule has 1 saturated heterocycles. The molecule has 3 N–H and O–H groups in total. The monoisotopic (exact) mass is 249 g/mol. The molecule has 1 aromatic rings. The number of nitrogens with zero attached hydrogens (tertiary/aromatic N) is 3. The van der Waals surface area contributed by atoms with E-state index < -0.39 is 0 Å². The van der Waals surface area contributed by atoms with Gasteiger partial charge in [-0.2, -0.15) is 0 Å². The van der Waals surface area contributed by atoms with E-state index in [4.69, 9.17) is 5.73 Å². The van der Waals surface area contributed by atoms with Crippen molar-refractivity contribution in [1.82, 2.24) is 15.0 Å². The van der Waals surface area contributed by atoms with Crippen molar-refractivity contribution < 1.29 is 0 Å². The zero-order chi connectivity index (χ0) is 13.1. The summed E-state index contributed by atoms with van der Waals surface area (Å²) in [6.45, 7) is 6.52. The maximum atomic E-state index is 5.80. The summed E-state index contributed by atoms with van der Waals surface area (Å²) in [5, 5.41) is 2.28. The minimum absolute atomic E-state index is 0.523. The van der Waals surface area contributed by atoms with Crippen LogP contribution in [0.3, 0.4) is 0 Å². The highest BCUT2D eigenvalue weighted by molar-refractivity contribution is 5.44. The molecule has 2 atom stereocenters. The van der Waals surface area contributed by atoms with Gasteiger partial charge in [-0.1, -0.05) is 13.3 Å². The van der Waals surface area contributed by atoms with Gasteiger partial charge < -0.3 is 11.2 Å². The van der Waals surface area contributed by atoms with E-state index in [0.29, 0.717) is 17.9 Å². The highest BCUT2D eigenvalue weighted by Crippen LogP contribution is 2.23. The quantitative estimate of drug-likeness (QED) is 0.859. The van der Waals surface area contributed by atoms with E-state index in [-0.39, 0.29) is 0 Å². The summed E-state index contributed by atoms with van der Waals surface area (Å²) in [4.78, 5) is 8.66. The van der Waals surface area contributed by atoms with Gasteiger partial charge in [0.1, 0.15) is 17.5 Å².